The molecule has 25 heavy (non-hydrogen) atoms. The van der Waals surface area contributed by atoms with E-state index in [9.17, 15) is 13.2 Å². The van der Waals surface area contributed by atoms with Gasteiger partial charge < -0.3 is 9.42 Å². The van der Waals surface area contributed by atoms with Crippen molar-refractivity contribution < 1.29 is 17.7 Å². The van der Waals surface area contributed by atoms with E-state index in [0.29, 0.717) is 22.5 Å². The minimum Gasteiger partial charge on any atom is -0.337 e. The summed E-state index contributed by atoms with van der Waals surface area (Å²) in [6.07, 6.45) is 0.375. The maximum atomic E-state index is 12.8. The number of hydrogen-bond donors (Lipinski definition) is 0. The summed E-state index contributed by atoms with van der Waals surface area (Å²) in [7, 11) is -3.65. The van der Waals surface area contributed by atoms with Gasteiger partial charge in [-0.15, -0.1) is 11.3 Å². The maximum Gasteiger partial charge on any atom is 0.252 e. The van der Waals surface area contributed by atoms with Crippen LogP contribution in [0.15, 0.2) is 20.9 Å². The Morgan fingerprint density at radius 2 is 2.12 bits per heavy atom. The van der Waals surface area contributed by atoms with Gasteiger partial charge in [-0.25, -0.2) is 8.42 Å². The molecule has 11 heteroatoms. The van der Waals surface area contributed by atoms with Crippen molar-refractivity contribution in [2.45, 2.75) is 30.5 Å². The van der Waals surface area contributed by atoms with Crippen LogP contribution < -0.4 is 0 Å². The van der Waals surface area contributed by atoms with E-state index in [-0.39, 0.29) is 29.8 Å². The Kier molecular flexibility index (Phi) is 5.14. The van der Waals surface area contributed by atoms with Gasteiger partial charge in [-0.05, 0) is 25.5 Å². The Morgan fingerprint density at radius 3 is 2.68 bits per heavy atom. The molecule has 2 aromatic rings. The van der Waals surface area contributed by atoms with E-state index in [0.717, 1.165) is 11.3 Å². The molecular formula is C14H17ClN4O4S2. The first-order valence-corrected chi connectivity index (χ1v) is 10.3. The third-order valence-electron chi connectivity index (χ3n) is 3.99. The third-order valence-corrected chi connectivity index (χ3v) is 7.59. The minimum atomic E-state index is -3.65. The van der Waals surface area contributed by atoms with Gasteiger partial charge in [-0.1, -0.05) is 16.8 Å². The van der Waals surface area contributed by atoms with Crippen LogP contribution in [-0.4, -0.2) is 53.3 Å². The number of thiophene rings is 1. The van der Waals surface area contributed by atoms with Gasteiger partial charge in [-0.3, -0.25) is 4.79 Å². The highest BCUT2D eigenvalue weighted by Gasteiger charge is 2.35. The Hall–Kier alpha value is -1.49. The first kappa shape index (κ1) is 18.3. The molecule has 1 fully saturated rings. The molecule has 3 heterocycles. The quantitative estimate of drug-likeness (QED) is 0.776. The van der Waals surface area contributed by atoms with Gasteiger partial charge in [-0.2, -0.15) is 9.29 Å². The number of aryl methyl sites for hydroxylation is 1. The van der Waals surface area contributed by atoms with E-state index in [4.69, 9.17) is 16.1 Å². The van der Waals surface area contributed by atoms with Crippen molar-refractivity contribution in [3.05, 3.63) is 28.2 Å². The van der Waals surface area contributed by atoms with Gasteiger partial charge in [0.05, 0.1) is 4.34 Å². The summed E-state index contributed by atoms with van der Waals surface area (Å²) < 4.78 is 32.8. The van der Waals surface area contributed by atoms with Crippen molar-refractivity contribution in [2.75, 3.05) is 19.6 Å². The first-order chi connectivity index (χ1) is 11.8. The van der Waals surface area contributed by atoms with Crippen molar-refractivity contribution in [1.82, 2.24) is 19.3 Å². The molecular weight excluding hydrogens is 388 g/mol. The number of carbonyl (C=O) groups excluding carboxylic acids is 1. The van der Waals surface area contributed by atoms with E-state index < -0.39 is 16.1 Å². The lowest BCUT2D eigenvalue weighted by Crippen LogP contribution is -2.37. The van der Waals surface area contributed by atoms with Gasteiger partial charge in [0.1, 0.15) is 10.3 Å². The van der Waals surface area contributed by atoms with Crippen molar-refractivity contribution in [3.8, 4) is 0 Å². The van der Waals surface area contributed by atoms with Gasteiger partial charge in [0.25, 0.3) is 10.0 Å². The number of amides is 1. The molecule has 8 nitrogen and oxygen atoms in total. The van der Waals surface area contributed by atoms with Gasteiger partial charge in [0.2, 0.25) is 11.8 Å². The zero-order valence-corrected chi connectivity index (χ0v) is 16.1. The fraction of sp³-hybridized carbons (Fsp3) is 0.500. The predicted octanol–water partition coefficient (Wildman–Crippen LogP) is 2.08. The van der Waals surface area contributed by atoms with Crippen LogP contribution in [0.5, 0.6) is 0 Å². The fourth-order valence-corrected chi connectivity index (χ4v) is 5.88. The summed E-state index contributed by atoms with van der Waals surface area (Å²) in [5.41, 5.74) is 0. The fourth-order valence-electron chi connectivity index (χ4n) is 2.80. The summed E-state index contributed by atoms with van der Waals surface area (Å²) in [4.78, 5) is 17.8. The summed E-state index contributed by atoms with van der Waals surface area (Å²) >= 11 is 6.88. The number of carbonyl (C=O) groups is 1. The van der Waals surface area contributed by atoms with Crippen molar-refractivity contribution >= 4 is 38.9 Å². The minimum absolute atomic E-state index is 0.167. The lowest BCUT2D eigenvalue weighted by Gasteiger charge is -2.25. The SMILES string of the molecule is CC(=O)N1CCN(S(=O)(=O)c2ccc(Cl)s2)CCC1c1nc(C)no1. The Balaban J connectivity index is 1.87. The number of aromatic nitrogens is 2. The number of hydrogen-bond acceptors (Lipinski definition) is 7. The zero-order chi connectivity index (χ0) is 18.2. The monoisotopic (exact) mass is 404 g/mol. The van der Waals surface area contributed by atoms with Crippen LogP contribution in [0, 0.1) is 6.92 Å². The molecule has 1 aliphatic heterocycles. The van der Waals surface area contributed by atoms with Crippen LogP contribution in [0.25, 0.3) is 0 Å². The molecule has 0 saturated carbocycles. The Bertz CT molecular complexity index is 879. The highest BCUT2D eigenvalue weighted by Crippen LogP contribution is 2.31. The maximum absolute atomic E-state index is 12.8. The molecule has 1 atom stereocenters. The van der Waals surface area contributed by atoms with Crippen LogP contribution in [0.3, 0.4) is 0 Å². The molecule has 0 bridgehead atoms. The second-order valence-electron chi connectivity index (χ2n) is 5.66. The second-order valence-corrected chi connectivity index (χ2v) is 9.54. The number of rotatable bonds is 3. The van der Waals surface area contributed by atoms with Crippen molar-refractivity contribution in [3.63, 3.8) is 0 Å². The van der Waals surface area contributed by atoms with E-state index in [2.05, 4.69) is 10.1 Å². The topological polar surface area (TPSA) is 96.6 Å². The molecule has 2 aromatic heterocycles. The average Bonchev–Trinajstić information content (AvgIpc) is 3.09. The molecule has 1 amide bonds. The molecule has 136 valence electrons. The largest absolute Gasteiger partial charge is 0.337 e. The van der Waals surface area contributed by atoms with Crippen LogP contribution >= 0.6 is 22.9 Å². The normalized spacial score (nSPS) is 19.8. The molecule has 3 rings (SSSR count). The van der Waals surface area contributed by atoms with Crippen molar-refractivity contribution in [1.29, 1.82) is 0 Å². The molecule has 1 unspecified atom stereocenters. The molecule has 0 radical (unpaired) electrons. The third kappa shape index (κ3) is 3.71. The molecule has 0 aromatic carbocycles. The average molecular weight is 405 g/mol. The summed E-state index contributed by atoms with van der Waals surface area (Å²) in [6.45, 7) is 3.83. The molecule has 0 aliphatic carbocycles. The Labute approximate surface area is 154 Å². The highest BCUT2D eigenvalue weighted by molar-refractivity contribution is 7.91. The predicted molar refractivity (Wildman–Crippen MR) is 91.9 cm³/mol. The molecule has 1 aliphatic rings. The Morgan fingerprint density at radius 1 is 1.36 bits per heavy atom. The van der Waals surface area contributed by atoms with Gasteiger partial charge in [0.15, 0.2) is 5.82 Å². The summed E-state index contributed by atoms with van der Waals surface area (Å²) in [5.74, 6) is 0.630. The molecule has 0 N–H and O–H groups in total. The van der Waals surface area contributed by atoms with Crippen molar-refractivity contribution in [2.24, 2.45) is 0 Å². The summed E-state index contributed by atoms with van der Waals surface area (Å²) in [5, 5.41) is 3.77. The summed E-state index contributed by atoms with van der Waals surface area (Å²) in [6, 6.07) is 2.61. The standard InChI is InChI=1S/C14H17ClN4O4S2/c1-9-16-14(23-17-9)11-5-6-18(7-8-19(11)10(2)20)25(21,22)13-4-3-12(15)24-13/h3-4,11H,5-8H2,1-2H3. The van der Waals surface area contributed by atoms with Crippen LogP contribution in [0.4, 0.5) is 0 Å². The smallest absolute Gasteiger partial charge is 0.252 e. The van der Waals surface area contributed by atoms with Crippen LogP contribution in [0.1, 0.15) is 31.1 Å². The highest BCUT2D eigenvalue weighted by atomic mass is 35.5. The molecule has 0 spiro atoms. The van der Waals surface area contributed by atoms with Crippen LogP contribution in [-0.2, 0) is 14.8 Å². The van der Waals surface area contributed by atoms with Gasteiger partial charge >= 0.3 is 0 Å². The van der Waals surface area contributed by atoms with E-state index in [1.54, 1.807) is 17.9 Å². The van der Waals surface area contributed by atoms with E-state index in [1.807, 2.05) is 0 Å². The molecule has 1 saturated heterocycles. The zero-order valence-electron chi connectivity index (χ0n) is 13.7. The lowest BCUT2D eigenvalue weighted by molar-refractivity contribution is -0.131. The first-order valence-electron chi connectivity index (χ1n) is 7.62. The van der Waals surface area contributed by atoms with E-state index in [1.165, 1.54) is 17.3 Å². The van der Waals surface area contributed by atoms with E-state index >= 15 is 0 Å². The number of nitrogens with zero attached hydrogens (tertiary/aromatic N) is 4. The number of sulfonamides is 1. The lowest BCUT2D eigenvalue weighted by atomic mass is 10.2. The second kappa shape index (κ2) is 7.02. The van der Waals surface area contributed by atoms with Gasteiger partial charge in [0, 0.05) is 26.6 Å². The number of halogens is 1. The van der Waals surface area contributed by atoms with Crippen LogP contribution in [0.2, 0.25) is 4.34 Å².